The number of hydrogen-bond donors (Lipinski definition) is 1. The fourth-order valence-electron chi connectivity index (χ4n) is 3.00. The first kappa shape index (κ1) is 19.2. The molecule has 0 saturated carbocycles. The summed E-state index contributed by atoms with van der Waals surface area (Å²) in [6.07, 6.45) is 3.60. The van der Waals surface area contributed by atoms with Gasteiger partial charge in [-0.05, 0) is 61.2 Å². The summed E-state index contributed by atoms with van der Waals surface area (Å²) in [5.74, 6) is 0.635. The molecule has 0 fully saturated rings. The summed E-state index contributed by atoms with van der Waals surface area (Å²) in [6.45, 7) is 6.61. The first-order chi connectivity index (χ1) is 14.0. The van der Waals surface area contributed by atoms with Crippen molar-refractivity contribution in [2.75, 3.05) is 6.61 Å². The maximum atomic E-state index is 12.6. The molecule has 4 rings (SSSR count). The van der Waals surface area contributed by atoms with Gasteiger partial charge in [-0.25, -0.2) is 0 Å². The van der Waals surface area contributed by atoms with Gasteiger partial charge in [0.2, 0.25) is 5.17 Å². The van der Waals surface area contributed by atoms with E-state index in [1.165, 1.54) is 16.8 Å². The van der Waals surface area contributed by atoms with Crippen LogP contribution in [0.15, 0.2) is 58.3 Å². The third-order valence-corrected chi connectivity index (χ3v) is 5.67. The van der Waals surface area contributed by atoms with E-state index < -0.39 is 5.91 Å². The predicted molar refractivity (Wildman–Crippen MR) is 117 cm³/mol. The molecule has 29 heavy (non-hydrogen) atoms. The highest BCUT2D eigenvalue weighted by atomic mass is 32.2. The molecule has 0 atom stereocenters. The molecule has 0 unspecified atom stereocenters. The number of benzene rings is 1. The van der Waals surface area contributed by atoms with Crippen LogP contribution >= 0.6 is 11.8 Å². The Morgan fingerprint density at radius 3 is 2.69 bits per heavy atom. The number of hydrazone groups is 1. The van der Waals surface area contributed by atoms with Gasteiger partial charge in [0.05, 0.1) is 12.2 Å². The van der Waals surface area contributed by atoms with Crippen LogP contribution in [0.5, 0.6) is 5.75 Å². The minimum Gasteiger partial charge on any atom is -0.494 e. The van der Waals surface area contributed by atoms with Crippen molar-refractivity contribution in [2.24, 2.45) is 16.0 Å². The van der Waals surface area contributed by atoms with Crippen LogP contribution in [0.1, 0.15) is 26.5 Å². The van der Waals surface area contributed by atoms with Crippen LogP contribution in [0, 0.1) is 11.3 Å². The molecule has 2 aromatic rings. The van der Waals surface area contributed by atoms with Crippen molar-refractivity contribution in [1.29, 1.82) is 5.41 Å². The number of carbonyl (C=O) groups excluding carboxylic acids is 1. The molecule has 8 heteroatoms. The molecule has 1 aromatic heterocycles. The Morgan fingerprint density at radius 2 is 2.00 bits per heavy atom. The van der Waals surface area contributed by atoms with Gasteiger partial charge >= 0.3 is 0 Å². The number of ether oxygens (including phenoxy) is 1. The van der Waals surface area contributed by atoms with Crippen molar-refractivity contribution >= 4 is 39.8 Å². The fourth-order valence-corrected chi connectivity index (χ4v) is 3.90. The highest BCUT2D eigenvalue weighted by Gasteiger charge is 2.36. The van der Waals surface area contributed by atoms with Crippen LogP contribution in [0.4, 0.5) is 0 Å². The predicted octanol–water partition coefficient (Wildman–Crippen LogP) is 4.15. The van der Waals surface area contributed by atoms with E-state index in [-0.39, 0.29) is 17.3 Å². The van der Waals surface area contributed by atoms with E-state index in [4.69, 9.17) is 10.1 Å². The lowest BCUT2D eigenvalue weighted by Crippen LogP contribution is -2.35. The third-order valence-electron chi connectivity index (χ3n) is 4.46. The van der Waals surface area contributed by atoms with Gasteiger partial charge in [0.25, 0.3) is 5.91 Å². The molecule has 0 saturated heterocycles. The van der Waals surface area contributed by atoms with Gasteiger partial charge in [0.15, 0.2) is 5.84 Å². The minimum absolute atomic E-state index is 0.0441. The van der Waals surface area contributed by atoms with E-state index in [0.717, 1.165) is 22.2 Å². The molecule has 7 nitrogen and oxygen atoms in total. The molecule has 2 aliphatic rings. The summed E-state index contributed by atoms with van der Waals surface area (Å²) < 4.78 is 7.44. The Bertz CT molecular complexity index is 1060. The number of carbonyl (C=O) groups is 1. The molecule has 148 valence electrons. The Morgan fingerprint density at radius 1 is 1.24 bits per heavy atom. The number of rotatable bonds is 5. The SMILES string of the molecule is CCOc1ccc(-n2cccc2/C=C2\C(=N)N3N=C(C(C)C)SC3=NC2=O)cc1. The summed E-state index contributed by atoms with van der Waals surface area (Å²) in [7, 11) is 0. The third kappa shape index (κ3) is 3.63. The Labute approximate surface area is 173 Å². The number of nitrogens with one attached hydrogen (secondary N) is 1. The molecular weight excluding hydrogens is 386 g/mol. The second-order valence-electron chi connectivity index (χ2n) is 6.84. The van der Waals surface area contributed by atoms with E-state index in [0.29, 0.717) is 11.8 Å². The topological polar surface area (TPSA) is 83.0 Å². The molecule has 0 aliphatic carbocycles. The number of amides is 1. The van der Waals surface area contributed by atoms with Crippen molar-refractivity contribution in [3.8, 4) is 11.4 Å². The lowest BCUT2D eigenvalue weighted by molar-refractivity contribution is -0.114. The summed E-state index contributed by atoms with van der Waals surface area (Å²) in [6, 6.07) is 11.5. The number of hydrogen-bond acceptors (Lipinski definition) is 5. The van der Waals surface area contributed by atoms with Crippen molar-refractivity contribution in [2.45, 2.75) is 20.8 Å². The van der Waals surface area contributed by atoms with E-state index in [9.17, 15) is 4.79 Å². The highest BCUT2D eigenvalue weighted by molar-refractivity contribution is 8.27. The molecule has 0 bridgehead atoms. The quantitative estimate of drug-likeness (QED) is 0.755. The molecule has 0 spiro atoms. The number of amidine groups is 2. The molecule has 3 heterocycles. The lowest BCUT2D eigenvalue weighted by atomic mass is 10.1. The maximum Gasteiger partial charge on any atom is 0.283 e. The van der Waals surface area contributed by atoms with Gasteiger partial charge in [-0.1, -0.05) is 13.8 Å². The molecule has 1 N–H and O–H groups in total. The van der Waals surface area contributed by atoms with Gasteiger partial charge in [0.1, 0.15) is 10.8 Å². The standard InChI is InChI=1S/C21H21N5O2S/c1-4-28-16-9-7-14(8-10-16)25-11-5-6-15(25)12-17-18(22)26-21(23-19(17)27)29-20(24-26)13(2)3/h5-13,22H,4H2,1-3H3/b17-12+,22-18?. The summed E-state index contributed by atoms with van der Waals surface area (Å²) in [5.41, 5.74) is 1.93. The molecule has 2 aliphatic heterocycles. The number of fused-ring (bicyclic) bond motifs is 1. The van der Waals surface area contributed by atoms with Crippen LogP contribution in [-0.2, 0) is 4.79 Å². The second-order valence-corrected chi connectivity index (χ2v) is 7.83. The first-order valence-corrected chi connectivity index (χ1v) is 10.2. The zero-order valence-electron chi connectivity index (χ0n) is 16.4. The minimum atomic E-state index is -0.423. The van der Waals surface area contributed by atoms with Gasteiger partial charge < -0.3 is 9.30 Å². The smallest absolute Gasteiger partial charge is 0.283 e. The number of aliphatic imine (C=N–C) groups is 1. The number of nitrogens with zero attached hydrogens (tertiary/aromatic N) is 4. The zero-order valence-corrected chi connectivity index (χ0v) is 17.2. The average molecular weight is 407 g/mol. The van der Waals surface area contributed by atoms with E-state index >= 15 is 0 Å². The highest BCUT2D eigenvalue weighted by Crippen LogP contribution is 2.31. The van der Waals surface area contributed by atoms with E-state index in [2.05, 4.69) is 10.1 Å². The second kappa shape index (κ2) is 7.71. The Kier molecular flexibility index (Phi) is 5.10. The average Bonchev–Trinajstić information content (AvgIpc) is 3.33. The maximum absolute atomic E-state index is 12.6. The molecule has 0 radical (unpaired) electrons. The number of thioether (sulfide) groups is 1. The van der Waals surface area contributed by atoms with E-state index in [1.54, 1.807) is 6.08 Å². The fraction of sp³-hybridized carbons (Fsp3) is 0.238. The van der Waals surface area contributed by atoms with Gasteiger partial charge in [-0.3, -0.25) is 10.2 Å². The van der Waals surface area contributed by atoms with Crippen molar-refractivity contribution in [3.05, 3.63) is 53.9 Å². The Balaban J connectivity index is 1.67. The van der Waals surface area contributed by atoms with Crippen LogP contribution in [-0.4, -0.2) is 38.1 Å². The normalized spacial score (nSPS) is 17.7. The zero-order chi connectivity index (χ0) is 20.5. The summed E-state index contributed by atoms with van der Waals surface area (Å²) >= 11 is 1.35. The van der Waals surface area contributed by atoms with Crippen molar-refractivity contribution < 1.29 is 9.53 Å². The number of aromatic nitrogens is 1. The Hall–Kier alpha value is -3.13. The van der Waals surface area contributed by atoms with Crippen LogP contribution in [0.2, 0.25) is 0 Å². The molecule has 1 amide bonds. The van der Waals surface area contributed by atoms with Crippen LogP contribution < -0.4 is 4.74 Å². The van der Waals surface area contributed by atoms with Gasteiger partial charge in [-0.15, -0.1) is 0 Å². The molecular formula is C21H21N5O2S. The van der Waals surface area contributed by atoms with Crippen molar-refractivity contribution in [1.82, 2.24) is 9.58 Å². The monoisotopic (exact) mass is 407 g/mol. The van der Waals surface area contributed by atoms with E-state index in [1.807, 2.05) is 67.9 Å². The molecule has 1 aromatic carbocycles. The lowest BCUT2D eigenvalue weighted by Gasteiger charge is -2.20. The van der Waals surface area contributed by atoms with Gasteiger partial charge in [0, 0.05) is 23.5 Å². The van der Waals surface area contributed by atoms with Gasteiger partial charge in [-0.2, -0.15) is 15.1 Å². The van der Waals surface area contributed by atoms with Crippen LogP contribution in [0.25, 0.3) is 11.8 Å². The van der Waals surface area contributed by atoms with Crippen molar-refractivity contribution in [3.63, 3.8) is 0 Å². The summed E-state index contributed by atoms with van der Waals surface area (Å²) in [5, 5.41) is 15.7. The largest absolute Gasteiger partial charge is 0.494 e. The first-order valence-electron chi connectivity index (χ1n) is 9.38. The van der Waals surface area contributed by atoms with Crippen LogP contribution in [0.3, 0.4) is 0 Å². The summed E-state index contributed by atoms with van der Waals surface area (Å²) in [4.78, 5) is 16.7.